The van der Waals surface area contributed by atoms with Crippen LogP contribution in [-0.4, -0.2) is 33.2 Å². The zero-order valence-corrected chi connectivity index (χ0v) is 15.2. The molecular formula is C19H16ClNO5. The monoisotopic (exact) mass is 373 g/mol. The molecule has 1 heterocycles. The van der Waals surface area contributed by atoms with E-state index in [1.807, 2.05) is 0 Å². The fourth-order valence-corrected chi connectivity index (χ4v) is 2.74. The van der Waals surface area contributed by atoms with Gasteiger partial charge in [0.15, 0.2) is 17.2 Å². The Morgan fingerprint density at radius 2 is 1.88 bits per heavy atom. The van der Waals surface area contributed by atoms with E-state index >= 15 is 0 Å². The average Bonchev–Trinajstić information content (AvgIpc) is 3.01. The summed E-state index contributed by atoms with van der Waals surface area (Å²) in [5, 5.41) is 0.371. The van der Waals surface area contributed by atoms with E-state index in [1.54, 1.807) is 56.7 Å². The molecule has 0 N–H and O–H groups in total. The first kappa shape index (κ1) is 17.8. The molecule has 2 aromatic carbocycles. The quantitative estimate of drug-likeness (QED) is 0.590. The second-order valence-corrected chi connectivity index (χ2v) is 5.67. The third-order valence-electron chi connectivity index (χ3n) is 3.75. The van der Waals surface area contributed by atoms with E-state index < -0.39 is 5.97 Å². The summed E-state index contributed by atoms with van der Waals surface area (Å²) in [5.41, 5.74) is 1.28. The van der Waals surface area contributed by atoms with E-state index in [0.717, 1.165) is 0 Å². The first-order chi connectivity index (χ1) is 12.6. The van der Waals surface area contributed by atoms with Gasteiger partial charge < -0.3 is 18.9 Å². The van der Waals surface area contributed by atoms with Crippen molar-refractivity contribution in [3.63, 3.8) is 0 Å². The number of aliphatic imine (C=N–C) groups is 1. The molecule has 0 aliphatic carbocycles. The molecule has 0 amide bonds. The number of esters is 1. The second-order valence-electron chi connectivity index (χ2n) is 5.26. The SMILES string of the molecule is COc1ccc(C2=N/C(=C\c3cccc(OC)c3OC)C(=O)O2)c(Cl)c1. The zero-order chi connectivity index (χ0) is 18.7. The van der Waals surface area contributed by atoms with Gasteiger partial charge in [-0.05, 0) is 30.3 Å². The molecule has 0 bridgehead atoms. The maximum atomic E-state index is 12.2. The predicted molar refractivity (Wildman–Crippen MR) is 98.2 cm³/mol. The van der Waals surface area contributed by atoms with Crippen LogP contribution in [0.5, 0.6) is 17.2 Å². The van der Waals surface area contributed by atoms with Gasteiger partial charge in [0.1, 0.15) is 5.75 Å². The van der Waals surface area contributed by atoms with Crippen LogP contribution in [0.3, 0.4) is 0 Å². The highest BCUT2D eigenvalue weighted by Crippen LogP contribution is 2.33. The average molecular weight is 374 g/mol. The van der Waals surface area contributed by atoms with E-state index in [2.05, 4.69) is 4.99 Å². The highest BCUT2D eigenvalue weighted by molar-refractivity contribution is 6.34. The Labute approximate surface area is 155 Å². The summed E-state index contributed by atoms with van der Waals surface area (Å²) >= 11 is 6.22. The predicted octanol–water partition coefficient (Wildman–Crippen LogP) is 3.71. The highest BCUT2D eigenvalue weighted by atomic mass is 35.5. The van der Waals surface area contributed by atoms with E-state index in [1.165, 1.54) is 7.11 Å². The van der Waals surface area contributed by atoms with Crippen molar-refractivity contribution in [2.24, 2.45) is 4.99 Å². The normalized spacial score (nSPS) is 14.8. The van der Waals surface area contributed by atoms with Crippen molar-refractivity contribution in [3.8, 4) is 17.2 Å². The Morgan fingerprint density at radius 1 is 1.08 bits per heavy atom. The molecule has 6 nitrogen and oxygen atoms in total. The number of hydrogen-bond acceptors (Lipinski definition) is 6. The van der Waals surface area contributed by atoms with Crippen molar-refractivity contribution in [2.45, 2.75) is 0 Å². The molecule has 0 aromatic heterocycles. The van der Waals surface area contributed by atoms with Gasteiger partial charge >= 0.3 is 5.97 Å². The molecule has 134 valence electrons. The smallest absolute Gasteiger partial charge is 0.363 e. The highest BCUT2D eigenvalue weighted by Gasteiger charge is 2.26. The van der Waals surface area contributed by atoms with Gasteiger partial charge in [0.2, 0.25) is 5.90 Å². The number of nitrogens with zero attached hydrogens (tertiary/aromatic N) is 1. The Morgan fingerprint density at radius 3 is 2.54 bits per heavy atom. The van der Waals surface area contributed by atoms with E-state index in [9.17, 15) is 4.79 Å². The van der Waals surface area contributed by atoms with Crippen LogP contribution in [0.15, 0.2) is 47.1 Å². The van der Waals surface area contributed by atoms with Crippen LogP contribution >= 0.6 is 11.6 Å². The topological polar surface area (TPSA) is 66.3 Å². The van der Waals surface area contributed by atoms with Gasteiger partial charge in [-0.15, -0.1) is 0 Å². The summed E-state index contributed by atoms with van der Waals surface area (Å²) in [6, 6.07) is 10.4. The lowest BCUT2D eigenvalue weighted by atomic mass is 10.1. The zero-order valence-electron chi connectivity index (χ0n) is 14.4. The lowest BCUT2D eigenvalue weighted by Crippen LogP contribution is -2.06. The number of benzene rings is 2. The van der Waals surface area contributed by atoms with Gasteiger partial charge in [-0.25, -0.2) is 9.79 Å². The van der Waals surface area contributed by atoms with Crippen molar-refractivity contribution in [1.82, 2.24) is 0 Å². The lowest BCUT2D eigenvalue weighted by molar-refractivity contribution is -0.129. The van der Waals surface area contributed by atoms with Crippen molar-refractivity contribution < 1.29 is 23.7 Å². The van der Waals surface area contributed by atoms with Gasteiger partial charge in [0, 0.05) is 5.56 Å². The Kier molecular flexibility index (Phi) is 5.14. The lowest BCUT2D eigenvalue weighted by Gasteiger charge is -2.09. The molecule has 0 saturated heterocycles. The molecule has 2 aromatic rings. The number of hydrogen-bond donors (Lipinski definition) is 0. The summed E-state index contributed by atoms with van der Waals surface area (Å²) in [5.74, 6) is 1.21. The second kappa shape index (κ2) is 7.49. The summed E-state index contributed by atoms with van der Waals surface area (Å²) in [7, 11) is 4.61. The van der Waals surface area contributed by atoms with Gasteiger partial charge in [0.25, 0.3) is 0 Å². The van der Waals surface area contributed by atoms with E-state index in [4.69, 9.17) is 30.5 Å². The number of ether oxygens (including phenoxy) is 4. The fourth-order valence-electron chi connectivity index (χ4n) is 2.49. The minimum atomic E-state index is -0.572. The number of rotatable bonds is 5. The Balaban J connectivity index is 2.00. The number of methoxy groups -OCH3 is 3. The minimum absolute atomic E-state index is 0.135. The largest absolute Gasteiger partial charge is 0.497 e. The maximum Gasteiger partial charge on any atom is 0.363 e. The van der Waals surface area contributed by atoms with Crippen LogP contribution in [0.2, 0.25) is 5.02 Å². The molecule has 26 heavy (non-hydrogen) atoms. The Bertz CT molecular complexity index is 920. The van der Waals surface area contributed by atoms with Gasteiger partial charge in [-0.2, -0.15) is 0 Å². The minimum Gasteiger partial charge on any atom is -0.497 e. The molecule has 0 radical (unpaired) electrons. The first-order valence-electron chi connectivity index (χ1n) is 7.65. The van der Waals surface area contributed by atoms with E-state index in [-0.39, 0.29) is 11.6 Å². The van der Waals surface area contributed by atoms with Gasteiger partial charge in [-0.3, -0.25) is 0 Å². The molecule has 0 fully saturated rings. The van der Waals surface area contributed by atoms with Gasteiger partial charge in [-0.1, -0.05) is 23.7 Å². The van der Waals surface area contributed by atoms with Crippen LogP contribution in [0, 0.1) is 0 Å². The van der Waals surface area contributed by atoms with Crippen molar-refractivity contribution >= 4 is 29.5 Å². The third-order valence-corrected chi connectivity index (χ3v) is 4.07. The molecule has 0 saturated carbocycles. The number of cyclic esters (lactones) is 1. The number of para-hydroxylation sites is 1. The molecule has 1 aliphatic heterocycles. The molecule has 3 rings (SSSR count). The summed E-state index contributed by atoms with van der Waals surface area (Å²) < 4.78 is 21.0. The molecular weight excluding hydrogens is 358 g/mol. The number of halogens is 1. The number of carbonyl (C=O) groups is 1. The third kappa shape index (κ3) is 3.36. The van der Waals surface area contributed by atoms with Crippen molar-refractivity contribution in [1.29, 1.82) is 0 Å². The standard InChI is InChI=1S/C19H16ClNO5/c1-23-12-7-8-13(14(20)10-12)18-21-15(19(22)26-18)9-11-5-4-6-16(24-2)17(11)25-3/h4-10H,1-3H3/b15-9-. The molecule has 1 aliphatic rings. The summed E-state index contributed by atoms with van der Waals surface area (Å²) in [4.78, 5) is 16.5. The Hall–Kier alpha value is -2.99. The van der Waals surface area contributed by atoms with Gasteiger partial charge in [0.05, 0.1) is 31.9 Å². The molecule has 7 heteroatoms. The molecule has 0 atom stereocenters. The first-order valence-corrected chi connectivity index (χ1v) is 8.02. The van der Waals surface area contributed by atoms with Crippen molar-refractivity contribution in [2.75, 3.05) is 21.3 Å². The number of carbonyl (C=O) groups excluding carboxylic acids is 1. The molecule has 0 spiro atoms. The van der Waals surface area contributed by atoms with Crippen LogP contribution in [0.25, 0.3) is 6.08 Å². The van der Waals surface area contributed by atoms with Crippen LogP contribution in [0.4, 0.5) is 0 Å². The van der Waals surface area contributed by atoms with Crippen LogP contribution in [0.1, 0.15) is 11.1 Å². The van der Waals surface area contributed by atoms with Crippen LogP contribution < -0.4 is 14.2 Å². The van der Waals surface area contributed by atoms with Crippen molar-refractivity contribution in [3.05, 3.63) is 58.2 Å². The maximum absolute atomic E-state index is 12.2. The van der Waals surface area contributed by atoms with Crippen LogP contribution in [-0.2, 0) is 9.53 Å². The fraction of sp³-hybridized carbons (Fsp3) is 0.158. The molecule has 0 unspecified atom stereocenters. The summed E-state index contributed by atoms with van der Waals surface area (Å²) in [6.07, 6.45) is 1.58. The van der Waals surface area contributed by atoms with E-state index in [0.29, 0.717) is 33.4 Å². The summed E-state index contributed by atoms with van der Waals surface area (Å²) in [6.45, 7) is 0.